The van der Waals surface area contributed by atoms with Crippen molar-refractivity contribution in [2.45, 2.75) is 65.0 Å². The molecule has 3 heterocycles. The van der Waals surface area contributed by atoms with Gasteiger partial charge in [-0.25, -0.2) is 9.67 Å². The number of hydrogen-bond acceptors (Lipinski definition) is 4. The summed E-state index contributed by atoms with van der Waals surface area (Å²) in [7, 11) is 0. The van der Waals surface area contributed by atoms with Gasteiger partial charge in [0.25, 0.3) is 5.91 Å². The van der Waals surface area contributed by atoms with E-state index in [1.54, 1.807) is 6.20 Å². The average molecular weight is 492 g/mol. The lowest BCUT2D eigenvalue weighted by molar-refractivity contribution is 0.0773. The van der Waals surface area contributed by atoms with Crippen molar-refractivity contribution in [2.75, 3.05) is 18.4 Å². The van der Waals surface area contributed by atoms with Gasteiger partial charge in [-0.1, -0.05) is 49.1 Å². The van der Waals surface area contributed by atoms with Crippen LogP contribution < -0.4 is 5.32 Å². The predicted molar refractivity (Wildman–Crippen MR) is 143 cm³/mol. The van der Waals surface area contributed by atoms with Crippen molar-refractivity contribution in [3.63, 3.8) is 0 Å². The number of benzene rings is 1. The van der Waals surface area contributed by atoms with Gasteiger partial charge in [-0.05, 0) is 62.3 Å². The van der Waals surface area contributed by atoms with Crippen molar-refractivity contribution in [2.24, 2.45) is 5.92 Å². The van der Waals surface area contributed by atoms with Crippen molar-refractivity contribution in [3.8, 4) is 0 Å². The Kier molecular flexibility index (Phi) is 7.09. The average Bonchev–Trinajstić information content (AvgIpc) is 3.33. The number of hydrogen-bond donors (Lipinski definition) is 1. The van der Waals surface area contributed by atoms with E-state index in [2.05, 4.69) is 35.3 Å². The highest BCUT2D eigenvalue weighted by Crippen LogP contribution is 2.33. The van der Waals surface area contributed by atoms with Crippen molar-refractivity contribution in [3.05, 3.63) is 58.9 Å². The van der Waals surface area contributed by atoms with Crippen LogP contribution in [0.5, 0.6) is 0 Å². The molecule has 6 nitrogen and oxygen atoms in total. The zero-order valence-corrected chi connectivity index (χ0v) is 21.4. The van der Waals surface area contributed by atoms with Crippen LogP contribution in [0.4, 0.5) is 5.69 Å². The summed E-state index contributed by atoms with van der Waals surface area (Å²) in [6.07, 6.45) is 13.0. The molecule has 1 aromatic carbocycles. The SMILES string of the molecule is CCn1ncc2c(NC(C)C3CCCCC3)c(C(=O)N3CC=C(c4ccc(Cl)cc4)CC3)cnc21. The van der Waals surface area contributed by atoms with E-state index in [1.165, 1.54) is 43.2 Å². The number of aryl methyl sites for hydroxylation is 1. The Morgan fingerprint density at radius 2 is 1.94 bits per heavy atom. The number of rotatable bonds is 6. The third kappa shape index (κ3) is 4.94. The normalized spacial score (nSPS) is 17.9. The van der Waals surface area contributed by atoms with Gasteiger partial charge in [-0.3, -0.25) is 4.79 Å². The zero-order valence-electron chi connectivity index (χ0n) is 20.6. The molecule has 0 radical (unpaired) electrons. The van der Waals surface area contributed by atoms with E-state index < -0.39 is 0 Å². The summed E-state index contributed by atoms with van der Waals surface area (Å²) in [5.74, 6) is 0.643. The molecule has 1 aliphatic carbocycles. The van der Waals surface area contributed by atoms with Gasteiger partial charge in [0.05, 0.1) is 22.8 Å². The van der Waals surface area contributed by atoms with E-state index in [4.69, 9.17) is 11.6 Å². The first-order chi connectivity index (χ1) is 17.0. The zero-order chi connectivity index (χ0) is 24.4. The third-order valence-corrected chi connectivity index (χ3v) is 7.89. The molecule has 184 valence electrons. The Morgan fingerprint density at radius 3 is 2.63 bits per heavy atom. The fourth-order valence-corrected chi connectivity index (χ4v) is 5.63. The first kappa shape index (κ1) is 23.9. The smallest absolute Gasteiger partial charge is 0.257 e. The van der Waals surface area contributed by atoms with Gasteiger partial charge < -0.3 is 10.2 Å². The van der Waals surface area contributed by atoms with E-state index in [9.17, 15) is 4.79 Å². The number of pyridine rings is 1. The molecule has 2 aromatic heterocycles. The number of amides is 1. The van der Waals surface area contributed by atoms with Crippen molar-refractivity contribution in [1.29, 1.82) is 0 Å². The number of fused-ring (bicyclic) bond motifs is 1. The molecule has 1 amide bonds. The summed E-state index contributed by atoms with van der Waals surface area (Å²) in [6.45, 7) is 6.32. The Hall–Kier alpha value is -2.86. The third-order valence-electron chi connectivity index (χ3n) is 7.64. The lowest BCUT2D eigenvalue weighted by Gasteiger charge is -2.31. The maximum absolute atomic E-state index is 13.8. The Morgan fingerprint density at radius 1 is 1.17 bits per heavy atom. The van der Waals surface area contributed by atoms with Crippen molar-refractivity contribution < 1.29 is 4.79 Å². The monoisotopic (exact) mass is 491 g/mol. The van der Waals surface area contributed by atoms with E-state index >= 15 is 0 Å². The second-order valence-electron chi connectivity index (χ2n) is 9.81. The second kappa shape index (κ2) is 10.4. The van der Waals surface area contributed by atoms with E-state index in [-0.39, 0.29) is 11.9 Å². The highest BCUT2D eigenvalue weighted by atomic mass is 35.5. The number of anilines is 1. The molecule has 1 saturated carbocycles. The Labute approximate surface area is 212 Å². The molecular weight excluding hydrogens is 458 g/mol. The van der Waals surface area contributed by atoms with Crippen LogP contribution in [0.3, 0.4) is 0 Å². The number of aromatic nitrogens is 3. The Balaban J connectivity index is 1.42. The lowest BCUT2D eigenvalue weighted by atomic mass is 9.84. The maximum Gasteiger partial charge on any atom is 0.257 e. The molecule has 0 saturated heterocycles. The number of nitrogens with zero attached hydrogens (tertiary/aromatic N) is 4. The van der Waals surface area contributed by atoms with Crippen LogP contribution in [0.1, 0.15) is 68.3 Å². The van der Waals surface area contributed by atoms with Gasteiger partial charge in [0.15, 0.2) is 5.65 Å². The highest BCUT2D eigenvalue weighted by Gasteiger charge is 2.27. The minimum Gasteiger partial charge on any atom is -0.381 e. The standard InChI is InChI=1S/C28H34ClN5O/c1-3-34-27-24(18-31-34)26(32-19(2)20-7-5-4-6-8-20)25(17-30-27)28(35)33-15-13-22(14-16-33)21-9-11-23(29)12-10-21/h9-13,17-20H,3-8,14-16H2,1-2H3,(H,30,32). The highest BCUT2D eigenvalue weighted by molar-refractivity contribution is 6.30. The lowest BCUT2D eigenvalue weighted by Crippen LogP contribution is -2.36. The molecule has 0 spiro atoms. The molecule has 1 unspecified atom stereocenters. The first-order valence-corrected chi connectivity index (χ1v) is 13.3. The van der Waals surface area contributed by atoms with Gasteiger partial charge >= 0.3 is 0 Å². The number of halogens is 1. The summed E-state index contributed by atoms with van der Waals surface area (Å²) in [6, 6.07) is 8.21. The molecule has 3 aromatic rings. The molecule has 0 bridgehead atoms. The van der Waals surface area contributed by atoms with Crippen LogP contribution in [0.15, 0.2) is 42.7 Å². The predicted octanol–water partition coefficient (Wildman–Crippen LogP) is 6.41. The largest absolute Gasteiger partial charge is 0.381 e. The van der Waals surface area contributed by atoms with E-state index in [0.717, 1.165) is 34.7 Å². The van der Waals surface area contributed by atoms with Gasteiger partial charge in [0, 0.05) is 36.9 Å². The minimum atomic E-state index is 0.0217. The first-order valence-electron chi connectivity index (χ1n) is 12.9. The summed E-state index contributed by atoms with van der Waals surface area (Å²) < 4.78 is 1.89. The second-order valence-corrected chi connectivity index (χ2v) is 10.2. The molecule has 2 aliphatic rings. The molecule has 35 heavy (non-hydrogen) atoms. The fraction of sp³-hybridized carbons (Fsp3) is 0.464. The van der Waals surface area contributed by atoms with Gasteiger partial charge in [-0.2, -0.15) is 5.10 Å². The summed E-state index contributed by atoms with van der Waals surface area (Å²) in [5.41, 5.74) is 4.77. The van der Waals surface area contributed by atoms with Gasteiger partial charge in [0.1, 0.15) is 0 Å². The quantitative estimate of drug-likeness (QED) is 0.432. The molecule has 7 heteroatoms. The van der Waals surface area contributed by atoms with Crippen LogP contribution in [0.2, 0.25) is 5.02 Å². The van der Waals surface area contributed by atoms with Gasteiger partial charge in [0.2, 0.25) is 0 Å². The summed E-state index contributed by atoms with van der Waals surface area (Å²) in [5, 5.41) is 9.94. The van der Waals surface area contributed by atoms with Crippen LogP contribution in [0, 0.1) is 5.92 Å². The summed E-state index contributed by atoms with van der Waals surface area (Å²) in [4.78, 5) is 20.3. The maximum atomic E-state index is 13.8. The minimum absolute atomic E-state index is 0.0217. The molecule has 1 N–H and O–H groups in total. The van der Waals surface area contributed by atoms with E-state index in [0.29, 0.717) is 24.6 Å². The molecular formula is C28H34ClN5O. The summed E-state index contributed by atoms with van der Waals surface area (Å²) >= 11 is 6.05. The van der Waals surface area contributed by atoms with Gasteiger partial charge in [-0.15, -0.1) is 0 Å². The van der Waals surface area contributed by atoms with Crippen LogP contribution in [0.25, 0.3) is 16.6 Å². The topological polar surface area (TPSA) is 63.1 Å². The number of nitrogens with one attached hydrogen (secondary N) is 1. The van der Waals surface area contributed by atoms with Crippen LogP contribution in [-0.2, 0) is 6.54 Å². The van der Waals surface area contributed by atoms with E-state index in [1.807, 2.05) is 40.0 Å². The molecule has 1 fully saturated rings. The van der Waals surface area contributed by atoms with Crippen molar-refractivity contribution in [1.82, 2.24) is 19.7 Å². The molecule has 1 aliphatic heterocycles. The Bertz CT molecular complexity index is 1230. The molecule has 1 atom stereocenters. The molecule has 5 rings (SSSR count). The van der Waals surface area contributed by atoms with Crippen LogP contribution >= 0.6 is 11.6 Å². The fourth-order valence-electron chi connectivity index (χ4n) is 5.51. The number of carbonyl (C=O) groups excluding carboxylic acids is 1. The van der Waals surface area contributed by atoms with Crippen molar-refractivity contribution >= 4 is 39.8 Å². The van der Waals surface area contributed by atoms with Crippen LogP contribution in [-0.4, -0.2) is 44.7 Å². The number of carbonyl (C=O) groups is 1.